The van der Waals surface area contributed by atoms with Crippen LogP contribution in [0.5, 0.6) is 5.75 Å². The predicted molar refractivity (Wildman–Crippen MR) is 114 cm³/mol. The van der Waals surface area contributed by atoms with Crippen LogP contribution in [-0.4, -0.2) is 57.2 Å². The molecule has 28 heavy (non-hydrogen) atoms. The SMILES string of the molecule is CN1C(=O)Cc2cc(OCCCN3CCN(c4cccc(Cl)c4)CC3)ccc21. The summed E-state index contributed by atoms with van der Waals surface area (Å²) in [4.78, 5) is 18.4. The van der Waals surface area contributed by atoms with Crippen molar-refractivity contribution in [2.45, 2.75) is 12.8 Å². The van der Waals surface area contributed by atoms with Crippen LogP contribution in [0.25, 0.3) is 0 Å². The van der Waals surface area contributed by atoms with Gasteiger partial charge >= 0.3 is 0 Å². The molecule has 5 nitrogen and oxygen atoms in total. The van der Waals surface area contributed by atoms with Gasteiger partial charge in [0, 0.05) is 56.2 Å². The number of likely N-dealkylation sites (N-methyl/N-ethyl adjacent to an activating group) is 1. The van der Waals surface area contributed by atoms with Crippen LogP contribution >= 0.6 is 11.6 Å². The van der Waals surface area contributed by atoms with Crippen LogP contribution in [0.15, 0.2) is 42.5 Å². The topological polar surface area (TPSA) is 36.0 Å². The number of nitrogens with zero attached hydrogens (tertiary/aromatic N) is 3. The Balaban J connectivity index is 1.19. The quantitative estimate of drug-likeness (QED) is 0.697. The molecule has 0 aromatic heterocycles. The summed E-state index contributed by atoms with van der Waals surface area (Å²) < 4.78 is 5.91. The molecule has 0 N–H and O–H groups in total. The number of hydrogen-bond donors (Lipinski definition) is 0. The van der Waals surface area contributed by atoms with E-state index in [9.17, 15) is 4.79 Å². The fraction of sp³-hybridized carbons (Fsp3) is 0.409. The monoisotopic (exact) mass is 399 g/mol. The minimum Gasteiger partial charge on any atom is -0.494 e. The average Bonchev–Trinajstić information content (AvgIpc) is 2.99. The molecule has 2 aromatic rings. The summed E-state index contributed by atoms with van der Waals surface area (Å²) in [7, 11) is 1.82. The fourth-order valence-corrected chi connectivity index (χ4v) is 4.10. The molecule has 2 aromatic carbocycles. The number of carbonyl (C=O) groups is 1. The Labute approximate surface area is 171 Å². The number of ether oxygens (including phenoxy) is 1. The van der Waals surface area contributed by atoms with Crippen molar-refractivity contribution in [3.63, 3.8) is 0 Å². The van der Waals surface area contributed by atoms with Crippen molar-refractivity contribution in [3.05, 3.63) is 53.1 Å². The summed E-state index contributed by atoms with van der Waals surface area (Å²) in [5, 5.41) is 0.791. The Morgan fingerprint density at radius 1 is 1.07 bits per heavy atom. The summed E-state index contributed by atoms with van der Waals surface area (Å²) in [6, 6.07) is 14.0. The molecule has 0 atom stereocenters. The number of hydrogen-bond acceptors (Lipinski definition) is 4. The molecule has 0 spiro atoms. The van der Waals surface area contributed by atoms with Crippen molar-refractivity contribution < 1.29 is 9.53 Å². The Morgan fingerprint density at radius 3 is 2.68 bits per heavy atom. The first-order valence-electron chi connectivity index (χ1n) is 9.85. The third-order valence-electron chi connectivity index (χ3n) is 5.56. The minimum absolute atomic E-state index is 0.143. The van der Waals surface area contributed by atoms with Gasteiger partial charge in [-0.3, -0.25) is 9.69 Å². The summed E-state index contributed by atoms with van der Waals surface area (Å²) in [6.07, 6.45) is 1.47. The third kappa shape index (κ3) is 4.26. The lowest BCUT2D eigenvalue weighted by Gasteiger charge is -2.36. The van der Waals surface area contributed by atoms with Gasteiger partial charge in [-0.15, -0.1) is 0 Å². The Morgan fingerprint density at radius 2 is 1.89 bits per heavy atom. The Kier molecular flexibility index (Phi) is 5.74. The van der Waals surface area contributed by atoms with Crippen molar-refractivity contribution >= 4 is 28.9 Å². The zero-order valence-electron chi connectivity index (χ0n) is 16.2. The van der Waals surface area contributed by atoms with E-state index < -0.39 is 0 Å². The van der Waals surface area contributed by atoms with E-state index in [2.05, 4.69) is 15.9 Å². The number of rotatable bonds is 6. The lowest BCUT2D eigenvalue weighted by atomic mass is 10.1. The van der Waals surface area contributed by atoms with E-state index in [0.717, 1.165) is 61.2 Å². The van der Waals surface area contributed by atoms with E-state index in [-0.39, 0.29) is 5.91 Å². The maximum Gasteiger partial charge on any atom is 0.231 e. The van der Waals surface area contributed by atoms with Crippen LogP contribution in [0.2, 0.25) is 5.02 Å². The molecular weight excluding hydrogens is 374 g/mol. The minimum atomic E-state index is 0.143. The van der Waals surface area contributed by atoms with Gasteiger partial charge in [0.25, 0.3) is 0 Å². The molecule has 2 heterocycles. The smallest absolute Gasteiger partial charge is 0.231 e. The van der Waals surface area contributed by atoms with E-state index in [0.29, 0.717) is 13.0 Å². The summed E-state index contributed by atoms with van der Waals surface area (Å²) in [5.41, 5.74) is 3.26. The molecule has 1 amide bonds. The number of benzene rings is 2. The second kappa shape index (κ2) is 8.41. The molecule has 1 saturated heterocycles. The molecular formula is C22H26ClN3O2. The van der Waals surface area contributed by atoms with Crippen molar-refractivity contribution in [2.75, 3.05) is 56.2 Å². The molecule has 0 radical (unpaired) electrons. The second-order valence-electron chi connectivity index (χ2n) is 7.43. The summed E-state index contributed by atoms with van der Waals surface area (Å²) in [5.74, 6) is 0.997. The molecule has 0 bridgehead atoms. The van der Waals surface area contributed by atoms with Crippen LogP contribution < -0.4 is 14.5 Å². The Hall–Kier alpha value is -2.24. The maximum absolute atomic E-state index is 11.8. The van der Waals surface area contributed by atoms with Gasteiger partial charge in [-0.25, -0.2) is 0 Å². The first kappa shape index (κ1) is 19.1. The van der Waals surface area contributed by atoms with Crippen LogP contribution in [0, 0.1) is 0 Å². The van der Waals surface area contributed by atoms with Crippen LogP contribution in [-0.2, 0) is 11.2 Å². The number of piperazine rings is 1. The van der Waals surface area contributed by atoms with Gasteiger partial charge in [0.15, 0.2) is 0 Å². The van der Waals surface area contributed by atoms with Crippen molar-refractivity contribution in [3.8, 4) is 5.75 Å². The number of amides is 1. The molecule has 0 aliphatic carbocycles. The fourth-order valence-electron chi connectivity index (χ4n) is 3.92. The highest BCUT2D eigenvalue weighted by Gasteiger charge is 2.24. The summed E-state index contributed by atoms with van der Waals surface area (Å²) >= 11 is 6.10. The van der Waals surface area contributed by atoms with E-state index in [4.69, 9.17) is 16.3 Å². The van der Waals surface area contributed by atoms with Crippen molar-refractivity contribution in [1.82, 2.24) is 4.90 Å². The predicted octanol–water partition coefficient (Wildman–Crippen LogP) is 3.45. The van der Waals surface area contributed by atoms with Gasteiger partial charge in [0.05, 0.1) is 13.0 Å². The highest BCUT2D eigenvalue weighted by Crippen LogP contribution is 2.30. The van der Waals surface area contributed by atoms with Gasteiger partial charge in [0.1, 0.15) is 5.75 Å². The molecule has 6 heteroatoms. The number of anilines is 2. The van der Waals surface area contributed by atoms with Crippen molar-refractivity contribution in [1.29, 1.82) is 0 Å². The standard InChI is InChI=1S/C22H26ClN3O2/c1-24-21-7-6-20(14-17(21)15-22(24)27)28-13-3-8-25-9-11-26(12-10-25)19-5-2-4-18(23)16-19/h2,4-7,14,16H,3,8-13,15H2,1H3. The lowest BCUT2D eigenvalue weighted by Crippen LogP contribution is -2.46. The molecule has 2 aliphatic heterocycles. The van der Waals surface area contributed by atoms with Gasteiger partial charge in [-0.1, -0.05) is 17.7 Å². The first-order chi connectivity index (χ1) is 13.6. The van der Waals surface area contributed by atoms with Crippen LogP contribution in [0.3, 0.4) is 0 Å². The largest absolute Gasteiger partial charge is 0.494 e. The second-order valence-corrected chi connectivity index (χ2v) is 7.87. The van der Waals surface area contributed by atoms with Gasteiger partial charge in [-0.05, 0) is 48.4 Å². The molecule has 148 valence electrons. The molecule has 1 fully saturated rings. The van der Waals surface area contributed by atoms with E-state index in [1.165, 1.54) is 5.69 Å². The van der Waals surface area contributed by atoms with E-state index in [1.54, 1.807) is 4.90 Å². The van der Waals surface area contributed by atoms with E-state index in [1.807, 2.05) is 43.4 Å². The van der Waals surface area contributed by atoms with Gasteiger partial charge < -0.3 is 14.5 Å². The van der Waals surface area contributed by atoms with Crippen LogP contribution in [0.1, 0.15) is 12.0 Å². The molecule has 4 rings (SSSR count). The zero-order chi connectivity index (χ0) is 19.5. The number of carbonyl (C=O) groups excluding carboxylic acids is 1. The average molecular weight is 400 g/mol. The number of fused-ring (bicyclic) bond motifs is 1. The molecule has 0 unspecified atom stereocenters. The van der Waals surface area contributed by atoms with Gasteiger partial charge in [-0.2, -0.15) is 0 Å². The maximum atomic E-state index is 11.8. The van der Waals surface area contributed by atoms with Crippen molar-refractivity contribution in [2.24, 2.45) is 0 Å². The lowest BCUT2D eigenvalue weighted by molar-refractivity contribution is -0.117. The molecule has 2 aliphatic rings. The third-order valence-corrected chi connectivity index (χ3v) is 5.80. The van der Waals surface area contributed by atoms with Crippen LogP contribution in [0.4, 0.5) is 11.4 Å². The number of halogens is 1. The summed E-state index contributed by atoms with van der Waals surface area (Å²) in [6.45, 7) is 5.88. The first-order valence-corrected chi connectivity index (χ1v) is 10.2. The molecule has 0 saturated carbocycles. The van der Waals surface area contributed by atoms with E-state index >= 15 is 0 Å². The normalized spacial score (nSPS) is 17.1. The highest BCUT2D eigenvalue weighted by molar-refractivity contribution is 6.30. The Bertz CT molecular complexity index is 849. The highest BCUT2D eigenvalue weighted by atomic mass is 35.5. The van der Waals surface area contributed by atoms with Gasteiger partial charge in [0.2, 0.25) is 5.91 Å². The zero-order valence-corrected chi connectivity index (χ0v) is 17.0.